The third-order valence-electron chi connectivity index (χ3n) is 1.07. The van der Waals surface area contributed by atoms with Crippen molar-refractivity contribution in [2.24, 2.45) is 7.05 Å². The molecule has 0 fully saturated rings. The summed E-state index contributed by atoms with van der Waals surface area (Å²) >= 11 is 2.92. The van der Waals surface area contributed by atoms with Crippen molar-refractivity contribution in [1.82, 2.24) is 9.78 Å². The number of aromatic nitrogens is 2. The van der Waals surface area contributed by atoms with E-state index in [9.17, 15) is 9.59 Å². The molecule has 1 aromatic rings. The lowest BCUT2D eigenvalue weighted by molar-refractivity contribution is 0.688. The van der Waals surface area contributed by atoms with Crippen molar-refractivity contribution in [1.29, 1.82) is 0 Å². The van der Waals surface area contributed by atoms with Crippen LogP contribution in [0.25, 0.3) is 0 Å². The Hall–Kier alpha value is -0.840. The van der Waals surface area contributed by atoms with Gasteiger partial charge in [-0.3, -0.25) is 19.4 Å². The summed E-state index contributed by atoms with van der Waals surface area (Å²) in [6, 6.07) is 1.22. The van der Waals surface area contributed by atoms with Gasteiger partial charge in [0, 0.05) is 13.1 Å². The Morgan fingerprint density at radius 1 is 1.60 bits per heavy atom. The number of aryl methyl sites for hydroxylation is 1. The van der Waals surface area contributed by atoms with Crippen LogP contribution in [-0.2, 0) is 7.05 Å². The monoisotopic (exact) mass is 204 g/mol. The van der Waals surface area contributed by atoms with E-state index in [1.807, 2.05) is 0 Å². The maximum Gasteiger partial charge on any atom is 0.277 e. The molecule has 0 saturated carbocycles. The molecule has 0 aliphatic heterocycles. The number of H-pyrrole nitrogens is 1. The summed E-state index contributed by atoms with van der Waals surface area (Å²) in [5, 5.41) is 2.31. The lowest BCUT2D eigenvalue weighted by atomic mass is 10.6. The van der Waals surface area contributed by atoms with Crippen molar-refractivity contribution in [2.45, 2.75) is 0 Å². The van der Waals surface area contributed by atoms with Crippen LogP contribution < -0.4 is 11.1 Å². The molecule has 0 bridgehead atoms. The quantitative estimate of drug-likeness (QED) is 0.639. The largest absolute Gasteiger partial charge is 0.277 e. The van der Waals surface area contributed by atoms with Crippen molar-refractivity contribution >= 4 is 15.9 Å². The van der Waals surface area contributed by atoms with Gasteiger partial charge in [-0.25, -0.2) is 0 Å². The van der Waals surface area contributed by atoms with Crippen LogP contribution in [0.3, 0.4) is 0 Å². The molecule has 0 aromatic carbocycles. The van der Waals surface area contributed by atoms with Gasteiger partial charge in [0.2, 0.25) is 0 Å². The van der Waals surface area contributed by atoms with Crippen LogP contribution in [0.2, 0.25) is 0 Å². The Morgan fingerprint density at radius 2 is 2.20 bits per heavy atom. The highest BCUT2D eigenvalue weighted by atomic mass is 79.9. The number of nitrogens with zero attached hydrogens (tertiary/aromatic N) is 1. The smallest absolute Gasteiger partial charge is 0.268 e. The number of rotatable bonds is 0. The molecule has 0 unspecified atom stereocenters. The second kappa shape index (κ2) is 2.42. The zero-order valence-corrected chi connectivity index (χ0v) is 6.81. The summed E-state index contributed by atoms with van der Waals surface area (Å²) in [4.78, 5) is 21.5. The molecule has 0 aliphatic rings. The fourth-order valence-electron chi connectivity index (χ4n) is 0.532. The van der Waals surface area contributed by atoms with Gasteiger partial charge >= 0.3 is 0 Å². The molecule has 0 aliphatic carbocycles. The van der Waals surface area contributed by atoms with E-state index in [4.69, 9.17) is 0 Å². The standard InChI is InChI=1S/C5H5BrN2O2/c1-8-4(9)2-3(6)5(10)7-8/h2H,1H3,(H,7,10). The maximum atomic E-state index is 10.8. The van der Waals surface area contributed by atoms with Gasteiger partial charge in [0.15, 0.2) is 0 Å². The van der Waals surface area contributed by atoms with Crippen LogP contribution >= 0.6 is 15.9 Å². The molecule has 5 heteroatoms. The highest BCUT2D eigenvalue weighted by molar-refractivity contribution is 9.10. The highest BCUT2D eigenvalue weighted by Crippen LogP contribution is 1.93. The molecule has 1 aromatic heterocycles. The molecule has 1 rings (SSSR count). The van der Waals surface area contributed by atoms with Crippen molar-refractivity contribution in [3.63, 3.8) is 0 Å². The Bertz CT molecular complexity index is 316. The van der Waals surface area contributed by atoms with E-state index in [-0.39, 0.29) is 15.6 Å². The summed E-state index contributed by atoms with van der Waals surface area (Å²) in [5.41, 5.74) is -0.548. The Balaban J connectivity index is 3.59. The van der Waals surface area contributed by atoms with E-state index in [0.717, 1.165) is 4.68 Å². The molecule has 0 radical (unpaired) electrons. The van der Waals surface area contributed by atoms with Crippen molar-refractivity contribution in [3.8, 4) is 0 Å². The summed E-state index contributed by atoms with van der Waals surface area (Å²) in [6.07, 6.45) is 0. The third-order valence-corrected chi connectivity index (χ3v) is 1.66. The van der Waals surface area contributed by atoms with Crippen molar-refractivity contribution < 1.29 is 0 Å². The number of hydrogen-bond acceptors (Lipinski definition) is 2. The zero-order chi connectivity index (χ0) is 7.72. The Morgan fingerprint density at radius 3 is 2.70 bits per heavy atom. The van der Waals surface area contributed by atoms with E-state index in [1.54, 1.807) is 0 Å². The maximum absolute atomic E-state index is 10.8. The number of hydrogen-bond donors (Lipinski definition) is 1. The average molecular weight is 205 g/mol. The Labute approximate surface area is 64.6 Å². The SMILES string of the molecule is Cn1[nH]c(=O)c(Br)cc1=O. The van der Waals surface area contributed by atoms with E-state index in [0.29, 0.717) is 0 Å². The minimum Gasteiger partial charge on any atom is -0.268 e. The first-order chi connectivity index (χ1) is 4.61. The van der Waals surface area contributed by atoms with Gasteiger partial charge in [-0.2, -0.15) is 0 Å². The summed E-state index contributed by atoms with van der Waals surface area (Å²) < 4.78 is 1.38. The predicted molar refractivity (Wildman–Crippen MR) is 40.0 cm³/mol. The van der Waals surface area contributed by atoms with E-state index < -0.39 is 0 Å². The molecule has 4 nitrogen and oxygen atoms in total. The van der Waals surface area contributed by atoms with Crippen LogP contribution in [-0.4, -0.2) is 9.78 Å². The molecule has 0 saturated heterocycles. The lowest BCUT2D eigenvalue weighted by Crippen LogP contribution is -2.26. The third kappa shape index (κ3) is 1.18. The number of halogens is 1. The van der Waals surface area contributed by atoms with Crippen LogP contribution in [0.15, 0.2) is 20.1 Å². The molecule has 0 amide bonds. The topological polar surface area (TPSA) is 54.9 Å². The van der Waals surface area contributed by atoms with Crippen molar-refractivity contribution in [2.75, 3.05) is 0 Å². The van der Waals surface area contributed by atoms with Gasteiger partial charge in [-0.1, -0.05) is 0 Å². The first kappa shape index (κ1) is 7.27. The van der Waals surface area contributed by atoms with Crippen LogP contribution in [0.4, 0.5) is 0 Å². The second-order valence-electron chi connectivity index (χ2n) is 1.83. The Kier molecular flexibility index (Phi) is 1.76. The van der Waals surface area contributed by atoms with Crippen LogP contribution in [0.1, 0.15) is 0 Å². The molecule has 54 valence electrons. The van der Waals surface area contributed by atoms with E-state index >= 15 is 0 Å². The first-order valence-electron chi connectivity index (χ1n) is 2.57. The molecular weight excluding hydrogens is 200 g/mol. The van der Waals surface area contributed by atoms with E-state index in [2.05, 4.69) is 21.0 Å². The lowest BCUT2D eigenvalue weighted by Gasteiger charge is -1.93. The molecule has 0 spiro atoms. The minimum absolute atomic E-state index is 0.244. The fraction of sp³-hybridized carbons (Fsp3) is 0.200. The normalized spacial score (nSPS) is 9.80. The molecule has 0 atom stereocenters. The summed E-state index contributed by atoms with van der Waals surface area (Å²) in [7, 11) is 1.48. The zero-order valence-electron chi connectivity index (χ0n) is 5.22. The fourth-order valence-corrected chi connectivity index (χ4v) is 0.816. The van der Waals surface area contributed by atoms with Crippen LogP contribution in [0.5, 0.6) is 0 Å². The number of nitrogens with one attached hydrogen (secondary N) is 1. The summed E-state index contributed by atoms with van der Waals surface area (Å²) in [6.45, 7) is 0. The highest BCUT2D eigenvalue weighted by Gasteiger charge is 1.95. The van der Waals surface area contributed by atoms with Gasteiger partial charge in [-0.15, -0.1) is 0 Å². The van der Waals surface area contributed by atoms with Gasteiger partial charge in [0.05, 0.1) is 4.47 Å². The number of aromatic amines is 1. The van der Waals surface area contributed by atoms with Gasteiger partial charge < -0.3 is 0 Å². The summed E-state index contributed by atoms with van der Waals surface area (Å²) in [5.74, 6) is 0. The molecule has 1 heterocycles. The van der Waals surface area contributed by atoms with Gasteiger partial charge in [-0.05, 0) is 15.9 Å². The minimum atomic E-state index is -0.304. The second-order valence-corrected chi connectivity index (χ2v) is 2.68. The van der Waals surface area contributed by atoms with Crippen LogP contribution in [0, 0.1) is 0 Å². The van der Waals surface area contributed by atoms with Gasteiger partial charge in [0.1, 0.15) is 0 Å². The molecule has 1 N–H and O–H groups in total. The molecular formula is C5H5BrN2O2. The predicted octanol–water partition coefficient (Wildman–Crippen LogP) is -0.164. The van der Waals surface area contributed by atoms with Crippen molar-refractivity contribution in [3.05, 3.63) is 31.2 Å². The van der Waals surface area contributed by atoms with Gasteiger partial charge in [0.25, 0.3) is 11.1 Å². The molecule has 10 heavy (non-hydrogen) atoms. The first-order valence-corrected chi connectivity index (χ1v) is 3.36. The van der Waals surface area contributed by atoms with E-state index in [1.165, 1.54) is 13.1 Å². The average Bonchev–Trinajstić information content (AvgIpc) is 1.84.